The first kappa shape index (κ1) is 14.1. The number of hydrogen-bond donors (Lipinski definition) is 0. The molecule has 118 valence electrons. The van der Waals surface area contributed by atoms with E-state index in [0.29, 0.717) is 24.0 Å². The number of aryl methyl sites for hydroxylation is 1. The molecule has 0 aromatic heterocycles. The Morgan fingerprint density at radius 1 is 1.17 bits per heavy atom. The van der Waals surface area contributed by atoms with E-state index in [1.807, 2.05) is 12.1 Å². The van der Waals surface area contributed by atoms with Crippen molar-refractivity contribution >= 4 is 5.97 Å². The van der Waals surface area contributed by atoms with Crippen molar-refractivity contribution in [3.05, 3.63) is 59.2 Å². The van der Waals surface area contributed by atoms with E-state index < -0.39 is 12.3 Å². The van der Waals surface area contributed by atoms with Crippen LogP contribution in [0.3, 0.4) is 0 Å². The predicted molar refractivity (Wildman–Crippen MR) is 84.7 cm³/mol. The van der Waals surface area contributed by atoms with Crippen molar-refractivity contribution in [1.29, 1.82) is 0 Å². The van der Waals surface area contributed by atoms with E-state index in [2.05, 4.69) is 30.3 Å². The van der Waals surface area contributed by atoms with Gasteiger partial charge in [0, 0.05) is 5.92 Å². The Balaban J connectivity index is 1.59. The van der Waals surface area contributed by atoms with E-state index in [4.69, 9.17) is 14.2 Å². The number of fused-ring (bicyclic) bond motifs is 2. The van der Waals surface area contributed by atoms with Gasteiger partial charge in [-0.2, -0.15) is 0 Å². The number of carbonyl (C=O) groups excluding carboxylic acids is 1. The van der Waals surface area contributed by atoms with Crippen LogP contribution in [0, 0.1) is 0 Å². The van der Waals surface area contributed by atoms with Gasteiger partial charge in [-0.25, -0.2) is 4.79 Å². The van der Waals surface area contributed by atoms with Crippen molar-refractivity contribution < 1.29 is 19.0 Å². The lowest BCUT2D eigenvalue weighted by atomic mass is 9.93. The summed E-state index contributed by atoms with van der Waals surface area (Å²) in [5, 5.41) is 0. The summed E-state index contributed by atoms with van der Waals surface area (Å²) in [6, 6.07) is 14.5. The quantitative estimate of drug-likeness (QED) is 0.815. The fraction of sp³-hybridized carbons (Fsp3) is 0.316. The summed E-state index contributed by atoms with van der Waals surface area (Å²) in [6.45, 7) is 2.07. The van der Waals surface area contributed by atoms with Crippen LogP contribution in [0.15, 0.2) is 42.5 Å². The van der Waals surface area contributed by atoms with Gasteiger partial charge in [-0.05, 0) is 48.6 Å². The van der Waals surface area contributed by atoms with E-state index in [1.54, 1.807) is 6.92 Å². The molecule has 0 radical (unpaired) electrons. The Morgan fingerprint density at radius 3 is 2.87 bits per heavy atom. The largest absolute Gasteiger partial charge is 0.460 e. The molecule has 1 aliphatic carbocycles. The number of carbonyl (C=O) groups is 1. The van der Waals surface area contributed by atoms with E-state index >= 15 is 0 Å². The SMILES string of the molecule is CCOC(=O)[C@H]1Oc2ccc([C@H]3CCc4ccccc43)cc2O1. The van der Waals surface area contributed by atoms with Gasteiger partial charge in [0.1, 0.15) is 0 Å². The first-order chi connectivity index (χ1) is 11.3. The summed E-state index contributed by atoms with van der Waals surface area (Å²) in [7, 11) is 0. The fourth-order valence-electron chi connectivity index (χ4n) is 3.40. The Labute approximate surface area is 135 Å². The van der Waals surface area contributed by atoms with Crippen molar-refractivity contribution in [2.45, 2.75) is 32.0 Å². The summed E-state index contributed by atoms with van der Waals surface area (Å²) in [5.41, 5.74) is 4.00. The second-order valence-corrected chi connectivity index (χ2v) is 5.82. The fourth-order valence-corrected chi connectivity index (χ4v) is 3.40. The van der Waals surface area contributed by atoms with Crippen molar-refractivity contribution in [1.82, 2.24) is 0 Å². The minimum Gasteiger partial charge on any atom is -0.460 e. The molecule has 1 aliphatic heterocycles. The normalized spacial score (nSPS) is 21.1. The maximum absolute atomic E-state index is 11.7. The lowest BCUT2D eigenvalue weighted by Gasteiger charge is -2.12. The second kappa shape index (κ2) is 5.61. The lowest BCUT2D eigenvalue weighted by Crippen LogP contribution is -2.30. The molecule has 0 unspecified atom stereocenters. The van der Waals surface area contributed by atoms with Gasteiger partial charge in [-0.1, -0.05) is 30.3 Å². The van der Waals surface area contributed by atoms with Gasteiger partial charge in [0.25, 0.3) is 0 Å². The van der Waals surface area contributed by atoms with Gasteiger partial charge in [0.15, 0.2) is 11.5 Å². The molecule has 0 saturated carbocycles. The maximum atomic E-state index is 11.7. The van der Waals surface area contributed by atoms with Crippen LogP contribution in [-0.2, 0) is 16.0 Å². The molecule has 0 bridgehead atoms. The molecule has 4 heteroatoms. The van der Waals surface area contributed by atoms with Crippen LogP contribution in [0.25, 0.3) is 0 Å². The Hall–Kier alpha value is -2.49. The summed E-state index contributed by atoms with van der Waals surface area (Å²) in [4.78, 5) is 11.7. The van der Waals surface area contributed by atoms with E-state index in [1.165, 1.54) is 16.7 Å². The summed E-state index contributed by atoms with van der Waals surface area (Å²) < 4.78 is 16.1. The first-order valence-corrected chi connectivity index (χ1v) is 7.98. The second-order valence-electron chi connectivity index (χ2n) is 5.82. The lowest BCUT2D eigenvalue weighted by molar-refractivity contribution is -0.161. The van der Waals surface area contributed by atoms with E-state index in [9.17, 15) is 4.79 Å². The Bertz CT molecular complexity index is 753. The minimum absolute atomic E-state index is 0.308. The number of hydrogen-bond acceptors (Lipinski definition) is 4. The van der Waals surface area contributed by atoms with E-state index in [0.717, 1.165) is 12.8 Å². The van der Waals surface area contributed by atoms with Crippen LogP contribution in [0.1, 0.15) is 36.0 Å². The first-order valence-electron chi connectivity index (χ1n) is 7.98. The van der Waals surface area contributed by atoms with Crippen molar-refractivity contribution in [2.24, 2.45) is 0 Å². The molecule has 1 heterocycles. The third kappa shape index (κ3) is 2.44. The van der Waals surface area contributed by atoms with Gasteiger partial charge in [0.2, 0.25) is 0 Å². The Morgan fingerprint density at radius 2 is 2.00 bits per heavy atom. The summed E-state index contributed by atoms with van der Waals surface area (Å²) in [5.74, 6) is 1.10. The molecule has 0 saturated heterocycles. The molecule has 4 nitrogen and oxygen atoms in total. The average molecular weight is 310 g/mol. The maximum Gasteiger partial charge on any atom is 0.389 e. The topological polar surface area (TPSA) is 44.8 Å². The van der Waals surface area contributed by atoms with Crippen molar-refractivity contribution in [2.75, 3.05) is 6.61 Å². The smallest absolute Gasteiger partial charge is 0.389 e. The van der Waals surface area contributed by atoms with Gasteiger partial charge in [-0.15, -0.1) is 0 Å². The third-order valence-corrected chi connectivity index (χ3v) is 4.45. The molecule has 0 amide bonds. The third-order valence-electron chi connectivity index (χ3n) is 4.45. The summed E-state index contributed by atoms with van der Waals surface area (Å²) >= 11 is 0. The number of benzene rings is 2. The van der Waals surface area contributed by atoms with E-state index in [-0.39, 0.29) is 0 Å². The predicted octanol–water partition coefficient (Wildman–Crippen LogP) is 3.43. The molecule has 0 spiro atoms. The molecular formula is C19H18O4. The van der Waals surface area contributed by atoms with Crippen LogP contribution in [0.4, 0.5) is 0 Å². The summed E-state index contributed by atoms with van der Waals surface area (Å²) in [6.07, 6.45) is 1.21. The molecule has 0 fully saturated rings. The standard InChI is InChI=1S/C19H18O4/c1-2-21-18(20)19-22-16-10-8-13(11-17(16)23-19)15-9-7-12-5-3-4-6-14(12)15/h3-6,8,10-11,15,19H,2,7,9H2,1H3/t15-,19+/m1/s1. The molecule has 2 atom stereocenters. The highest BCUT2D eigenvalue weighted by atomic mass is 16.7. The molecular weight excluding hydrogens is 292 g/mol. The van der Waals surface area contributed by atoms with Crippen molar-refractivity contribution in [3.63, 3.8) is 0 Å². The zero-order chi connectivity index (χ0) is 15.8. The molecule has 23 heavy (non-hydrogen) atoms. The number of ether oxygens (including phenoxy) is 3. The molecule has 2 aliphatic rings. The van der Waals surface area contributed by atoms with Crippen molar-refractivity contribution in [3.8, 4) is 11.5 Å². The highest BCUT2D eigenvalue weighted by Gasteiger charge is 2.33. The number of esters is 1. The highest BCUT2D eigenvalue weighted by molar-refractivity contribution is 5.75. The van der Waals surface area contributed by atoms with Gasteiger partial charge in [-0.3, -0.25) is 0 Å². The van der Waals surface area contributed by atoms with Gasteiger partial charge >= 0.3 is 12.3 Å². The van der Waals surface area contributed by atoms with Crippen LogP contribution < -0.4 is 9.47 Å². The van der Waals surface area contributed by atoms with Crippen LogP contribution in [0.2, 0.25) is 0 Å². The average Bonchev–Trinajstić information content (AvgIpc) is 3.18. The van der Waals surface area contributed by atoms with Crippen LogP contribution in [-0.4, -0.2) is 18.9 Å². The minimum atomic E-state index is -0.990. The highest BCUT2D eigenvalue weighted by Crippen LogP contribution is 2.42. The molecule has 2 aromatic carbocycles. The van der Waals surface area contributed by atoms with Gasteiger partial charge in [0.05, 0.1) is 6.61 Å². The molecule has 4 rings (SSSR count). The van der Waals surface area contributed by atoms with Crippen LogP contribution in [0.5, 0.6) is 11.5 Å². The molecule has 2 aromatic rings. The van der Waals surface area contributed by atoms with Crippen LogP contribution >= 0.6 is 0 Å². The monoisotopic (exact) mass is 310 g/mol. The number of rotatable bonds is 3. The molecule has 0 N–H and O–H groups in total. The van der Waals surface area contributed by atoms with Gasteiger partial charge < -0.3 is 14.2 Å². The Kier molecular flexibility index (Phi) is 3.45. The zero-order valence-electron chi connectivity index (χ0n) is 13.0. The zero-order valence-corrected chi connectivity index (χ0v) is 13.0.